The lowest BCUT2D eigenvalue weighted by Gasteiger charge is -2.09. The van der Waals surface area contributed by atoms with Gasteiger partial charge in [0.1, 0.15) is 0 Å². The third-order valence-corrected chi connectivity index (χ3v) is 4.47. The van der Waals surface area contributed by atoms with E-state index in [1.807, 2.05) is 62.4 Å². The van der Waals surface area contributed by atoms with E-state index in [9.17, 15) is 9.59 Å². The molecule has 0 aliphatic carbocycles. The van der Waals surface area contributed by atoms with Crippen LogP contribution in [0.1, 0.15) is 37.4 Å². The molecule has 0 heterocycles. The van der Waals surface area contributed by atoms with Crippen LogP contribution in [-0.4, -0.2) is 11.8 Å². The smallest absolute Gasteiger partial charge is 0.255 e. The summed E-state index contributed by atoms with van der Waals surface area (Å²) in [5.74, 6) is -0.273. The third kappa shape index (κ3) is 4.82. The number of carbonyl (C=O) groups excluding carboxylic acids is 2. The van der Waals surface area contributed by atoms with Gasteiger partial charge < -0.3 is 10.6 Å². The summed E-state index contributed by atoms with van der Waals surface area (Å²) in [7, 11) is 0. The van der Waals surface area contributed by atoms with Crippen molar-refractivity contribution in [3.63, 3.8) is 0 Å². The lowest BCUT2D eigenvalue weighted by Crippen LogP contribution is -2.22. The van der Waals surface area contributed by atoms with Crippen LogP contribution in [-0.2, 0) is 6.54 Å². The molecular formula is C23H22N2O2. The van der Waals surface area contributed by atoms with E-state index in [0.29, 0.717) is 17.7 Å². The molecule has 0 aliphatic rings. The minimum absolute atomic E-state index is 0.118. The minimum Gasteiger partial charge on any atom is -0.348 e. The molecule has 0 atom stereocenters. The van der Waals surface area contributed by atoms with Gasteiger partial charge in [-0.3, -0.25) is 9.59 Å². The molecule has 0 unspecified atom stereocenters. The van der Waals surface area contributed by atoms with Crippen molar-refractivity contribution in [1.82, 2.24) is 5.32 Å². The summed E-state index contributed by atoms with van der Waals surface area (Å²) in [5.41, 5.74) is 5.24. The Morgan fingerprint density at radius 1 is 0.741 bits per heavy atom. The fourth-order valence-corrected chi connectivity index (χ4v) is 2.67. The van der Waals surface area contributed by atoms with E-state index < -0.39 is 0 Å². The average Bonchev–Trinajstić information content (AvgIpc) is 2.70. The van der Waals surface area contributed by atoms with Gasteiger partial charge >= 0.3 is 0 Å². The highest BCUT2D eigenvalue weighted by molar-refractivity contribution is 6.04. The lowest BCUT2D eigenvalue weighted by atomic mass is 10.1. The van der Waals surface area contributed by atoms with Gasteiger partial charge in [0.05, 0.1) is 0 Å². The number of aryl methyl sites for hydroxylation is 2. The van der Waals surface area contributed by atoms with Crippen LogP contribution in [0.4, 0.5) is 5.69 Å². The topological polar surface area (TPSA) is 58.2 Å². The SMILES string of the molecule is Cc1ccc(NC(=O)c2ccc(CNC(=O)c3ccccc3)cc2)cc1C. The fourth-order valence-electron chi connectivity index (χ4n) is 2.67. The Kier molecular flexibility index (Phi) is 5.67. The zero-order valence-corrected chi connectivity index (χ0v) is 15.5. The number of amides is 2. The molecule has 0 bridgehead atoms. The van der Waals surface area contributed by atoms with Crippen molar-refractivity contribution in [1.29, 1.82) is 0 Å². The Hall–Kier alpha value is -3.40. The molecule has 0 radical (unpaired) electrons. The molecule has 2 N–H and O–H groups in total. The van der Waals surface area contributed by atoms with Crippen molar-refractivity contribution in [3.8, 4) is 0 Å². The van der Waals surface area contributed by atoms with Crippen LogP contribution in [0.25, 0.3) is 0 Å². The predicted molar refractivity (Wildman–Crippen MR) is 108 cm³/mol. The Bertz CT molecular complexity index is 948. The second kappa shape index (κ2) is 8.32. The summed E-state index contributed by atoms with van der Waals surface area (Å²) in [6.45, 7) is 4.46. The Labute approximate surface area is 159 Å². The zero-order chi connectivity index (χ0) is 19.2. The van der Waals surface area contributed by atoms with Crippen LogP contribution in [0, 0.1) is 13.8 Å². The fraction of sp³-hybridized carbons (Fsp3) is 0.130. The first-order chi connectivity index (χ1) is 13.0. The quantitative estimate of drug-likeness (QED) is 0.706. The number of carbonyl (C=O) groups is 2. The van der Waals surface area contributed by atoms with Gasteiger partial charge in [-0.1, -0.05) is 36.4 Å². The maximum Gasteiger partial charge on any atom is 0.255 e. The van der Waals surface area contributed by atoms with Crippen LogP contribution in [0.5, 0.6) is 0 Å². The normalized spacial score (nSPS) is 10.3. The van der Waals surface area contributed by atoms with Crippen molar-refractivity contribution in [2.45, 2.75) is 20.4 Å². The third-order valence-electron chi connectivity index (χ3n) is 4.47. The molecule has 4 nitrogen and oxygen atoms in total. The maximum atomic E-state index is 12.4. The van der Waals surface area contributed by atoms with Gasteiger partial charge in [-0.15, -0.1) is 0 Å². The molecule has 3 aromatic carbocycles. The highest BCUT2D eigenvalue weighted by Gasteiger charge is 2.08. The maximum absolute atomic E-state index is 12.4. The molecule has 4 heteroatoms. The molecule has 3 rings (SSSR count). The monoisotopic (exact) mass is 358 g/mol. The van der Waals surface area contributed by atoms with Gasteiger partial charge in [-0.05, 0) is 66.9 Å². The number of hydrogen-bond acceptors (Lipinski definition) is 2. The number of rotatable bonds is 5. The van der Waals surface area contributed by atoms with Gasteiger partial charge in [0, 0.05) is 23.4 Å². The van der Waals surface area contributed by atoms with E-state index in [0.717, 1.165) is 16.8 Å². The first-order valence-corrected chi connectivity index (χ1v) is 8.84. The highest BCUT2D eigenvalue weighted by atomic mass is 16.2. The summed E-state index contributed by atoms with van der Waals surface area (Å²) in [6.07, 6.45) is 0. The first-order valence-electron chi connectivity index (χ1n) is 8.84. The minimum atomic E-state index is -0.155. The summed E-state index contributed by atoms with van der Waals surface area (Å²) < 4.78 is 0. The van der Waals surface area contributed by atoms with Crippen LogP contribution in [0.15, 0.2) is 72.8 Å². The summed E-state index contributed by atoms with van der Waals surface area (Å²) in [5, 5.41) is 5.78. The molecule has 2 amide bonds. The number of nitrogens with one attached hydrogen (secondary N) is 2. The van der Waals surface area contributed by atoms with E-state index >= 15 is 0 Å². The van der Waals surface area contributed by atoms with Crippen molar-refractivity contribution < 1.29 is 9.59 Å². The van der Waals surface area contributed by atoms with Crippen LogP contribution >= 0.6 is 0 Å². The van der Waals surface area contributed by atoms with Crippen LogP contribution in [0.3, 0.4) is 0 Å². The molecule has 0 saturated carbocycles. The molecule has 136 valence electrons. The predicted octanol–water partition coefficient (Wildman–Crippen LogP) is 4.49. The summed E-state index contributed by atoms with van der Waals surface area (Å²) in [4.78, 5) is 24.5. The molecule has 0 spiro atoms. The second-order valence-corrected chi connectivity index (χ2v) is 6.50. The van der Waals surface area contributed by atoms with Gasteiger partial charge in [-0.2, -0.15) is 0 Å². The van der Waals surface area contributed by atoms with Crippen molar-refractivity contribution in [2.75, 3.05) is 5.32 Å². The van der Waals surface area contributed by atoms with Crippen molar-refractivity contribution in [3.05, 3.63) is 101 Å². The van der Waals surface area contributed by atoms with E-state index in [1.165, 1.54) is 5.56 Å². The first kappa shape index (κ1) is 18.4. The van der Waals surface area contributed by atoms with Gasteiger partial charge in [0.25, 0.3) is 11.8 Å². The second-order valence-electron chi connectivity index (χ2n) is 6.50. The van der Waals surface area contributed by atoms with E-state index in [4.69, 9.17) is 0 Å². The average molecular weight is 358 g/mol. The van der Waals surface area contributed by atoms with E-state index in [2.05, 4.69) is 10.6 Å². The Balaban J connectivity index is 1.58. The molecule has 27 heavy (non-hydrogen) atoms. The molecule has 0 aromatic heterocycles. The van der Waals surface area contributed by atoms with E-state index in [-0.39, 0.29) is 11.8 Å². The Morgan fingerprint density at radius 3 is 2.07 bits per heavy atom. The zero-order valence-electron chi connectivity index (χ0n) is 15.5. The van der Waals surface area contributed by atoms with Crippen LogP contribution < -0.4 is 10.6 Å². The highest BCUT2D eigenvalue weighted by Crippen LogP contribution is 2.15. The van der Waals surface area contributed by atoms with Gasteiger partial charge in [0.2, 0.25) is 0 Å². The van der Waals surface area contributed by atoms with Crippen LogP contribution in [0.2, 0.25) is 0 Å². The number of hydrogen-bond donors (Lipinski definition) is 2. The number of benzene rings is 3. The van der Waals surface area contributed by atoms with Crippen molar-refractivity contribution in [2.24, 2.45) is 0 Å². The lowest BCUT2D eigenvalue weighted by molar-refractivity contribution is 0.0949. The summed E-state index contributed by atoms with van der Waals surface area (Å²) in [6, 6.07) is 22.2. The van der Waals surface area contributed by atoms with Crippen molar-refractivity contribution >= 4 is 17.5 Å². The van der Waals surface area contributed by atoms with E-state index in [1.54, 1.807) is 24.3 Å². The standard InChI is InChI=1S/C23H22N2O2/c1-16-8-13-21(14-17(16)2)25-23(27)20-11-9-18(10-12-20)15-24-22(26)19-6-4-3-5-7-19/h3-14H,15H2,1-2H3,(H,24,26)(H,25,27). The number of anilines is 1. The van der Waals surface area contributed by atoms with Gasteiger partial charge in [-0.25, -0.2) is 0 Å². The molecule has 0 fully saturated rings. The van der Waals surface area contributed by atoms with Gasteiger partial charge in [0.15, 0.2) is 0 Å². The molecule has 0 saturated heterocycles. The molecular weight excluding hydrogens is 336 g/mol. The molecule has 0 aliphatic heterocycles. The largest absolute Gasteiger partial charge is 0.348 e. The summed E-state index contributed by atoms with van der Waals surface area (Å²) >= 11 is 0. The molecule has 3 aromatic rings. The Morgan fingerprint density at radius 2 is 1.41 bits per heavy atom.